The van der Waals surface area contributed by atoms with Gasteiger partial charge in [0.25, 0.3) is 0 Å². The highest BCUT2D eigenvalue weighted by Crippen LogP contribution is 2.15. The zero-order valence-electron chi connectivity index (χ0n) is 4.79. The van der Waals surface area contributed by atoms with Crippen molar-refractivity contribution in [3.63, 3.8) is 0 Å². The van der Waals surface area contributed by atoms with Gasteiger partial charge in [-0.3, -0.25) is 8.78 Å². The van der Waals surface area contributed by atoms with Crippen LogP contribution in [0, 0.1) is 5.41 Å². The lowest BCUT2D eigenvalue weighted by molar-refractivity contribution is 0.0417. The molecule has 0 aromatic heterocycles. The standard InChI is InChI=1S/C5H9F2O/c1-5(2-6,3-7)4-8/h2-4H2,1H3. The molecular weight excluding hydrogens is 114 g/mol. The van der Waals surface area contributed by atoms with E-state index in [9.17, 15) is 13.9 Å². The fourth-order valence-corrected chi connectivity index (χ4v) is 0.113. The summed E-state index contributed by atoms with van der Waals surface area (Å²) >= 11 is 0. The molecule has 0 amide bonds. The number of rotatable bonds is 3. The van der Waals surface area contributed by atoms with Crippen molar-refractivity contribution in [2.75, 3.05) is 20.0 Å². The normalized spacial score (nSPS) is 12.0. The predicted octanol–water partition coefficient (Wildman–Crippen LogP) is 1.36. The third-order valence-electron chi connectivity index (χ3n) is 0.994. The highest BCUT2D eigenvalue weighted by atomic mass is 19.1. The summed E-state index contributed by atoms with van der Waals surface area (Å²) in [6.45, 7) is -1.12. The molecule has 1 radical (unpaired) electrons. The van der Waals surface area contributed by atoms with Crippen LogP contribution in [0.3, 0.4) is 0 Å². The van der Waals surface area contributed by atoms with Gasteiger partial charge >= 0.3 is 0 Å². The summed E-state index contributed by atoms with van der Waals surface area (Å²) in [5, 5.41) is 9.93. The van der Waals surface area contributed by atoms with Crippen LogP contribution in [-0.4, -0.2) is 20.0 Å². The first-order valence-corrected chi connectivity index (χ1v) is 2.38. The van der Waals surface area contributed by atoms with Gasteiger partial charge in [-0.1, -0.05) is 6.92 Å². The molecule has 0 aromatic rings. The van der Waals surface area contributed by atoms with Crippen LogP contribution in [-0.2, 0) is 5.11 Å². The molecule has 1 nitrogen and oxygen atoms in total. The third kappa shape index (κ3) is 1.74. The van der Waals surface area contributed by atoms with E-state index in [4.69, 9.17) is 0 Å². The minimum atomic E-state index is -1.26. The first-order chi connectivity index (χ1) is 3.68. The Morgan fingerprint density at radius 3 is 1.75 bits per heavy atom. The van der Waals surface area contributed by atoms with E-state index in [1.54, 1.807) is 0 Å². The van der Waals surface area contributed by atoms with Crippen molar-refractivity contribution in [2.45, 2.75) is 6.92 Å². The Morgan fingerprint density at radius 1 is 1.38 bits per heavy atom. The second kappa shape index (κ2) is 2.97. The minimum absolute atomic E-state index is 0.681. The molecule has 0 aromatic carbocycles. The minimum Gasteiger partial charge on any atom is -0.250 e. The number of hydrogen-bond acceptors (Lipinski definition) is 0. The van der Waals surface area contributed by atoms with Gasteiger partial charge in [0, 0.05) is 0 Å². The molecule has 0 saturated heterocycles. The topological polar surface area (TPSA) is 19.9 Å². The largest absolute Gasteiger partial charge is 0.250 e. The zero-order chi connectivity index (χ0) is 6.62. The van der Waals surface area contributed by atoms with Crippen molar-refractivity contribution < 1.29 is 13.9 Å². The maximum atomic E-state index is 11.6. The fourth-order valence-electron chi connectivity index (χ4n) is 0.113. The van der Waals surface area contributed by atoms with Crippen LogP contribution in [0.2, 0.25) is 0 Å². The monoisotopic (exact) mass is 123 g/mol. The fraction of sp³-hybridized carbons (Fsp3) is 1.00. The van der Waals surface area contributed by atoms with Gasteiger partial charge < -0.3 is 0 Å². The summed E-state index contributed by atoms with van der Waals surface area (Å²) in [5.74, 6) is 0. The first kappa shape index (κ1) is 7.82. The van der Waals surface area contributed by atoms with Crippen molar-refractivity contribution in [2.24, 2.45) is 5.41 Å². The van der Waals surface area contributed by atoms with E-state index in [1.165, 1.54) is 6.92 Å². The van der Waals surface area contributed by atoms with Gasteiger partial charge in [-0.2, -0.15) is 0 Å². The predicted molar refractivity (Wildman–Crippen MR) is 25.6 cm³/mol. The van der Waals surface area contributed by atoms with E-state index < -0.39 is 25.4 Å². The zero-order valence-corrected chi connectivity index (χ0v) is 4.79. The number of hydrogen-bond donors (Lipinski definition) is 0. The maximum absolute atomic E-state index is 11.6. The van der Waals surface area contributed by atoms with Gasteiger partial charge in [0.1, 0.15) is 0 Å². The Morgan fingerprint density at radius 2 is 1.75 bits per heavy atom. The molecule has 0 saturated carbocycles. The Hall–Kier alpha value is -0.180. The molecule has 8 heavy (non-hydrogen) atoms. The van der Waals surface area contributed by atoms with Crippen molar-refractivity contribution in [1.29, 1.82) is 0 Å². The average Bonchev–Trinajstić information content (AvgIpc) is 1.87. The Kier molecular flexibility index (Phi) is 2.90. The summed E-state index contributed by atoms with van der Waals surface area (Å²) in [5.41, 5.74) is -1.26. The Bertz CT molecular complexity index is 53.2. The molecule has 0 aliphatic carbocycles. The molecule has 0 N–H and O–H groups in total. The smallest absolute Gasteiger partial charge is 0.0996 e. The van der Waals surface area contributed by atoms with Crippen LogP contribution in [0.1, 0.15) is 6.92 Å². The molecule has 0 heterocycles. The molecule has 0 atom stereocenters. The second-order valence-corrected chi connectivity index (χ2v) is 2.22. The summed E-state index contributed by atoms with van der Waals surface area (Å²) < 4.78 is 23.2. The molecule has 0 spiro atoms. The van der Waals surface area contributed by atoms with Crippen molar-refractivity contribution in [3.8, 4) is 0 Å². The Balaban J connectivity index is 3.58. The molecule has 3 heteroatoms. The molecule has 0 aliphatic heterocycles. The van der Waals surface area contributed by atoms with Crippen LogP contribution in [0.5, 0.6) is 0 Å². The van der Waals surface area contributed by atoms with E-state index in [2.05, 4.69) is 0 Å². The van der Waals surface area contributed by atoms with E-state index in [1.807, 2.05) is 0 Å². The molecule has 0 aliphatic rings. The second-order valence-electron chi connectivity index (χ2n) is 2.22. The molecule has 49 valence electrons. The van der Waals surface area contributed by atoms with Crippen molar-refractivity contribution in [1.82, 2.24) is 0 Å². The lowest BCUT2D eigenvalue weighted by Gasteiger charge is -2.16. The highest BCUT2D eigenvalue weighted by Gasteiger charge is 2.23. The average molecular weight is 123 g/mol. The van der Waals surface area contributed by atoms with Crippen LogP contribution in [0.15, 0.2) is 0 Å². The molecular formula is C5H9F2O. The van der Waals surface area contributed by atoms with Gasteiger partial charge in [-0.05, 0) is 0 Å². The number of halogens is 2. The summed E-state index contributed by atoms with van der Waals surface area (Å²) in [4.78, 5) is 0. The molecule has 0 unspecified atom stereocenters. The molecule has 0 rings (SSSR count). The van der Waals surface area contributed by atoms with Gasteiger partial charge in [0.2, 0.25) is 0 Å². The quantitative estimate of drug-likeness (QED) is 0.540. The van der Waals surface area contributed by atoms with Crippen LogP contribution < -0.4 is 0 Å². The van der Waals surface area contributed by atoms with E-state index in [0.717, 1.165) is 0 Å². The number of alkyl halides is 2. The van der Waals surface area contributed by atoms with Gasteiger partial charge in [-0.25, -0.2) is 5.11 Å². The van der Waals surface area contributed by atoms with Crippen LogP contribution in [0.25, 0.3) is 0 Å². The molecule has 0 fully saturated rings. The lowest BCUT2D eigenvalue weighted by Crippen LogP contribution is -2.25. The molecule has 0 bridgehead atoms. The van der Waals surface area contributed by atoms with Crippen molar-refractivity contribution in [3.05, 3.63) is 0 Å². The summed E-state index contributed by atoms with van der Waals surface area (Å²) in [6.07, 6.45) is 0. The van der Waals surface area contributed by atoms with Gasteiger partial charge in [0.05, 0.1) is 25.4 Å². The third-order valence-corrected chi connectivity index (χ3v) is 0.994. The van der Waals surface area contributed by atoms with Crippen LogP contribution >= 0.6 is 0 Å². The van der Waals surface area contributed by atoms with Gasteiger partial charge in [-0.15, -0.1) is 0 Å². The van der Waals surface area contributed by atoms with Gasteiger partial charge in [0.15, 0.2) is 0 Å². The van der Waals surface area contributed by atoms with E-state index in [-0.39, 0.29) is 0 Å². The van der Waals surface area contributed by atoms with Crippen LogP contribution in [0.4, 0.5) is 8.78 Å². The van der Waals surface area contributed by atoms with E-state index >= 15 is 0 Å². The summed E-state index contributed by atoms with van der Waals surface area (Å²) in [6, 6.07) is 0. The van der Waals surface area contributed by atoms with E-state index in [0.29, 0.717) is 0 Å². The summed E-state index contributed by atoms with van der Waals surface area (Å²) in [7, 11) is 0. The first-order valence-electron chi connectivity index (χ1n) is 2.38. The Labute approximate surface area is 47.3 Å². The maximum Gasteiger partial charge on any atom is 0.0996 e. The SMILES string of the molecule is CC(C[O])(CF)CF. The lowest BCUT2D eigenvalue weighted by atomic mass is 9.96. The highest BCUT2D eigenvalue weighted by molar-refractivity contribution is 4.69. The van der Waals surface area contributed by atoms with Crippen molar-refractivity contribution >= 4 is 0 Å².